The van der Waals surface area contributed by atoms with Gasteiger partial charge in [-0.1, -0.05) is 36.8 Å². The van der Waals surface area contributed by atoms with Crippen LogP contribution < -0.4 is 5.32 Å². The molecule has 2 aromatic carbocycles. The van der Waals surface area contributed by atoms with E-state index < -0.39 is 0 Å². The predicted octanol–water partition coefficient (Wildman–Crippen LogP) is 5.12. The number of hydrogen-bond acceptors (Lipinski definition) is 3. The first-order valence-corrected chi connectivity index (χ1v) is 11.0. The summed E-state index contributed by atoms with van der Waals surface area (Å²) < 4.78 is 0. The molecule has 4 heteroatoms. The normalized spacial score (nSPS) is 17.2. The van der Waals surface area contributed by atoms with E-state index in [9.17, 15) is 4.79 Å². The molecule has 1 fully saturated rings. The molecule has 3 aromatic rings. The van der Waals surface area contributed by atoms with Crippen LogP contribution in [0.5, 0.6) is 0 Å². The van der Waals surface area contributed by atoms with E-state index in [-0.39, 0.29) is 5.91 Å². The van der Waals surface area contributed by atoms with Gasteiger partial charge >= 0.3 is 0 Å². The lowest BCUT2D eigenvalue weighted by Gasteiger charge is -2.33. The van der Waals surface area contributed by atoms with Crippen molar-refractivity contribution in [2.75, 3.05) is 19.6 Å². The molecule has 0 aliphatic carbocycles. The predicted molar refractivity (Wildman–Crippen MR) is 124 cm³/mol. The first kappa shape index (κ1) is 20.5. The van der Waals surface area contributed by atoms with Gasteiger partial charge in [0.15, 0.2) is 0 Å². The highest BCUT2D eigenvalue weighted by Crippen LogP contribution is 2.26. The van der Waals surface area contributed by atoms with E-state index in [0.717, 1.165) is 35.2 Å². The zero-order valence-corrected chi connectivity index (χ0v) is 18.2. The average Bonchev–Trinajstić information content (AvgIpc) is 2.76. The average molecular weight is 402 g/mol. The number of benzene rings is 2. The number of pyridine rings is 1. The number of carbonyl (C=O) groups excluding carboxylic acids is 1. The molecule has 1 unspecified atom stereocenters. The van der Waals surface area contributed by atoms with Crippen LogP contribution in [0.4, 0.5) is 0 Å². The summed E-state index contributed by atoms with van der Waals surface area (Å²) in [5.74, 6) is -0.0247. The zero-order valence-electron chi connectivity index (χ0n) is 18.2. The highest BCUT2D eigenvalue weighted by molar-refractivity contribution is 6.07. The minimum atomic E-state index is -0.0247. The summed E-state index contributed by atoms with van der Waals surface area (Å²) in [6.45, 7) is 9.20. The number of nitrogens with zero attached hydrogens (tertiary/aromatic N) is 2. The minimum absolute atomic E-state index is 0.0247. The van der Waals surface area contributed by atoms with Crippen LogP contribution in [0.25, 0.3) is 22.2 Å². The Balaban J connectivity index is 1.58. The van der Waals surface area contributed by atoms with E-state index in [2.05, 4.69) is 49.2 Å². The lowest BCUT2D eigenvalue weighted by molar-refractivity contribution is 0.0940. The number of hydrogen-bond donors (Lipinski definition) is 1. The second kappa shape index (κ2) is 8.97. The molecule has 0 spiro atoms. The molecule has 0 radical (unpaired) electrons. The van der Waals surface area contributed by atoms with Gasteiger partial charge < -0.3 is 5.32 Å². The van der Waals surface area contributed by atoms with E-state index in [0.29, 0.717) is 18.2 Å². The number of rotatable bonds is 5. The molecule has 2 heterocycles. The van der Waals surface area contributed by atoms with Crippen molar-refractivity contribution < 1.29 is 4.79 Å². The molecule has 1 aliphatic heterocycles. The summed E-state index contributed by atoms with van der Waals surface area (Å²) in [6.07, 6.45) is 3.82. The zero-order chi connectivity index (χ0) is 21.1. The first-order chi connectivity index (χ1) is 14.5. The van der Waals surface area contributed by atoms with E-state index >= 15 is 0 Å². The quantitative estimate of drug-likeness (QED) is 0.645. The van der Waals surface area contributed by atoms with Gasteiger partial charge in [0.05, 0.1) is 16.8 Å². The Morgan fingerprint density at radius 1 is 1.10 bits per heavy atom. The highest BCUT2D eigenvalue weighted by atomic mass is 16.1. The molecule has 156 valence electrons. The fourth-order valence-corrected chi connectivity index (χ4v) is 4.31. The number of aromatic nitrogens is 1. The van der Waals surface area contributed by atoms with Gasteiger partial charge in [0.2, 0.25) is 0 Å². The van der Waals surface area contributed by atoms with Crippen LogP contribution in [0, 0.1) is 13.8 Å². The fourth-order valence-electron chi connectivity index (χ4n) is 4.31. The van der Waals surface area contributed by atoms with Crippen molar-refractivity contribution in [2.45, 2.75) is 46.1 Å². The van der Waals surface area contributed by atoms with E-state index in [1.54, 1.807) is 0 Å². The molecule has 1 aromatic heterocycles. The number of likely N-dealkylation sites (tertiary alicyclic amines) is 1. The van der Waals surface area contributed by atoms with Gasteiger partial charge in [-0.05, 0) is 69.5 Å². The number of amides is 1. The number of carbonyl (C=O) groups is 1. The van der Waals surface area contributed by atoms with Crippen LogP contribution in [-0.2, 0) is 0 Å². The molecule has 0 saturated carbocycles. The smallest absolute Gasteiger partial charge is 0.252 e. The van der Waals surface area contributed by atoms with Crippen LogP contribution in [0.2, 0.25) is 0 Å². The van der Waals surface area contributed by atoms with Crippen LogP contribution >= 0.6 is 0 Å². The maximum Gasteiger partial charge on any atom is 0.252 e. The third-order valence-electron chi connectivity index (χ3n) is 6.39. The highest BCUT2D eigenvalue weighted by Gasteiger charge is 2.18. The third kappa shape index (κ3) is 4.39. The van der Waals surface area contributed by atoms with Gasteiger partial charge in [-0.2, -0.15) is 0 Å². The van der Waals surface area contributed by atoms with Crippen molar-refractivity contribution in [3.05, 3.63) is 65.2 Å². The van der Waals surface area contributed by atoms with Crippen molar-refractivity contribution in [3.63, 3.8) is 0 Å². The Morgan fingerprint density at radius 3 is 2.73 bits per heavy atom. The van der Waals surface area contributed by atoms with E-state index in [1.165, 1.54) is 30.4 Å². The summed E-state index contributed by atoms with van der Waals surface area (Å²) in [7, 11) is 0. The molecule has 1 aliphatic rings. The minimum Gasteiger partial charge on any atom is -0.351 e. The molecular formula is C26H31N3O. The van der Waals surface area contributed by atoms with Gasteiger partial charge in [0.25, 0.3) is 5.91 Å². The van der Waals surface area contributed by atoms with Crippen molar-refractivity contribution in [1.29, 1.82) is 0 Å². The molecule has 30 heavy (non-hydrogen) atoms. The van der Waals surface area contributed by atoms with Crippen molar-refractivity contribution >= 4 is 16.8 Å². The molecule has 0 bridgehead atoms. The SMILES string of the molecule is Cc1ccc(-c2cc(C(=O)NCCN3CCCCC3C)c3ccccc3n2)cc1C. The van der Waals surface area contributed by atoms with Crippen LogP contribution in [0.3, 0.4) is 0 Å². The first-order valence-electron chi connectivity index (χ1n) is 11.0. The van der Waals surface area contributed by atoms with Gasteiger partial charge in [0.1, 0.15) is 0 Å². The Hall–Kier alpha value is -2.72. The molecule has 4 rings (SSSR count). The van der Waals surface area contributed by atoms with Crippen LogP contribution in [-0.4, -0.2) is 41.5 Å². The second-order valence-electron chi connectivity index (χ2n) is 8.51. The van der Waals surface area contributed by atoms with Gasteiger partial charge in [-0.25, -0.2) is 4.98 Å². The Kier molecular flexibility index (Phi) is 6.14. The van der Waals surface area contributed by atoms with Crippen LogP contribution in [0.1, 0.15) is 47.7 Å². The molecule has 1 N–H and O–H groups in total. The maximum absolute atomic E-state index is 13.1. The Morgan fingerprint density at radius 2 is 1.93 bits per heavy atom. The summed E-state index contributed by atoms with van der Waals surface area (Å²) in [5, 5.41) is 4.05. The number of aryl methyl sites for hydroxylation is 2. The monoisotopic (exact) mass is 401 g/mol. The Bertz CT molecular complexity index is 1060. The summed E-state index contributed by atoms with van der Waals surface area (Å²) >= 11 is 0. The number of piperidine rings is 1. The lowest BCUT2D eigenvalue weighted by Crippen LogP contribution is -2.42. The topological polar surface area (TPSA) is 45.2 Å². The van der Waals surface area contributed by atoms with Crippen LogP contribution in [0.15, 0.2) is 48.5 Å². The summed E-state index contributed by atoms with van der Waals surface area (Å²) in [4.78, 5) is 20.4. The molecule has 4 nitrogen and oxygen atoms in total. The van der Waals surface area contributed by atoms with Gasteiger partial charge in [-0.15, -0.1) is 0 Å². The molecule has 1 atom stereocenters. The lowest BCUT2D eigenvalue weighted by atomic mass is 10.0. The van der Waals surface area contributed by atoms with Crippen molar-refractivity contribution in [2.24, 2.45) is 0 Å². The van der Waals surface area contributed by atoms with Crippen molar-refractivity contribution in [1.82, 2.24) is 15.2 Å². The van der Waals surface area contributed by atoms with Crippen molar-refractivity contribution in [3.8, 4) is 11.3 Å². The third-order valence-corrected chi connectivity index (χ3v) is 6.39. The van der Waals surface area contributed by atoms with Gasteiger partial charge in [-0.3, -0.25) is 9.69 Å². The maximum atomic E-state index is 13.1. The largest absolute Gasteiger partial charge is 0.351 e. The second-order valence-corrected chi connectivity index (χ2v) is 8.51. The van der Waals surface area contributed by atoms with E-state index in [4.69, 9.17) is 4.98 Å². The number of nitrogens with one attached hydrogen (secondary N) is 1. The molecular weight excluding hydrogens is 370 g/mol. The van der Waals surface area contributed by atoms with E-state index in [1.807, 2.05) is 30.3 Å². The number of para-hydroxylation sites is 1. The standard InChI is InChI=1S/C26H31N3O/c1-18-11-12-21(16-19(18)2)25-17-23(22-9-4-5-10-24(22)28-25)26(30)27-13-15-29-14-7-6-8-20(29)3/h4-5,9-12,16-17,20H,6-8,13-15H2,1-3H3,(H,27,30). The molecule has 1 amide bonds. The van der Waals surface area contributed by atoms with Gasteiger partial charge in [0, 0.05) is 30.1 Å². The summed E-state index contributed by atoms with van der Waals surface area (Å²) in [6, 6.07) is 16.8. The summed E-state index contributed by atoms with van der Waals surface area (Å²) in [5.41, 5.74) is 5.91. The fraction of sp³-hybridized carbons (Fsp3) is 0.385. The Labute approximate surface area is 179 Å². The molecule has 1 saturated heterocycles. The number of fused-ring (bicyclic) bond motifs is 1.